The Bertz CT molecular complexity index is 390. The number of aryl methyl sites for hydroxylation is 1. The molecule has 100 valence electrons. The van der Waals surface area contributed by atoms with Crippen molar-refractivity contribution in [1.29, 1.82) is 0 Å². The Morgan fingerprint density at radius 3 is 2.72 bits per heavy atom. The van der Waals surface area contributed by atoms with Gasteiger partial charge >= 0.3 is 0 Å². The number of pyridine rings is 1. The summed E-state index contributed by atoms with van der Waals surface area (Å²) >= 11 is 0. The minimum atomic E-state index is 0.000787. The zero-order valence-electron chi connectivity index (χ0n) is 11.5. The van der Waals surface area contributed by atoms with Gasteiger partial charge in [0.25, 0.3) is 5.91 Å². The molecule has 0 saturated carbocycles. The van der Waals surface area contributed by atoms with Gasteiger partial charge in [-0.15, -0.1) is 0 Å². The summed E-state index contributed by atoms with van der Waals surface area (Å²) in [5.41, 5.74) is 6.90. The number of amides is 1. The summed E-state index contributed by atoms with van der Waals surface area (Å²) in [6.45, 7) is 8.14. The smallest absolute Gasteiger partial charge is 0.272 e. The molecule has 0 fully saturated rings. The SMILES string of the molecule is Cc1cccc(C(=O)N(CCCN)CC(C)C)n1. The summed E-state index contributed by atoms with van der Waals surface area (Å²) in [5, 5.41) is 0. The van der Waals surface area contributed by atoms with E-state index in [9.17, 15) is 4.79 Å². The largest absolute Gasteiger partial charge is 0.337 e. The van der Waals surface area contributed by atoms with Crippen LogP contribution < -0.4 is 5.73 Å². The van der Waals surface area contributed by atoms with Gasteiger partial charge in [-0.25, -0.2) is 4.98 Å². The van der Waals surface area contributed by atoms with Crippen LogP contribution >= 0.6 is 0 Å². The van der Waals surface area contributed by atoms with E-state index in [2.05, 4.69) is 18.8 Å². The molecule has 1 aromatic rings. The van der Waals surface area contributed by atoms with Crippen LogP contribution in [0.3, 0.4) is 0 Å². The van der Waals surface area contributed by atoms with E-state index in [0.717, 1.165) is 18.7 Å². The van der Waals surface area contributed by atoms with Crippen LogP contribution in [0.25, 0.3) is 0 Å². The second-order valence-corrected chi connectivity index (χ2v) is 4.95. The lowest BCUT2D eigenvalue weighted by atomic mass is 10.2. The average molecular weight is 249 g/mol. The van der Waals surface area contributed by atoms with Gasteiger partial charge in [0.05, 0.1) is 0 Å². The normalized spacial score (nSPS) is 10.7. The van der Waals surface area contributed by atoms with Crippen molar-refractivity contribution in [2.24, 2.45) is 11.7 Å². The first-order valence-electron chi connectivity index (χ1n) is 6.47. The third-order valence-electron chi connectivity index (χ3n) is 2.61. The van der Waals surface area contributed by atoms with Gasteiger partial charge in [-0.1, -0.05) is 19.9 Å². The van der Waals surface area contributed by atoms with Gasteiger partial charge in [0.15, 0.2) is 0 Å². The molecule has 18 heavy (non-hydrogen) atoms. The van der Waals surface area contributed by atoms with Crippen LogP contribution in [0.5, 0.6) is 0 Å². The van der Waals surface area contributed by atoms with Crippen molar-refractivity contribution >= 4 is 5.91 Å². The third kappa shape index (κ3) is 4.45. The quantitative estimate of drug-likeness (QED) is 0.837. The number of hydrogen-bond acceptors (Lipinski definition) is 3. The fraction of sp³-hybridized carbons (Fsp3) is 0.571. The Balaban J connectivity index is 2.80. The number of aromatic nitrogens is 1. The highest BCUT2D eigenvalue weighted by molar-refractivity contribution is 5.92. The van der Waals surface area contributed by atoms with E-state index in [4.69, 9.17) is 5.73 Å². The van der Waals surface area contributed by atoms with Crippen molar-refractivity contribution in [3.8, 4) is 0 Å². The molecule has 0 aliphatic heterocycles. The fourth-order valence-corrected chi connectivity index (χ4v) is 1.82. The topological polar surface area (TPSA) is 59.2 Å². The van der Waals surface area contributed by atoms with E-state index in [0.29, 0.717) is 24.7 Å². The highest BCUT2D eigenvalue weighted by Gasteiger charge is 2.17. The molecule has 0 aliphatic rings. The molecule has 0 aromatic carbocycles. The molecule has 0 aliphatic carbocycles. The number of carbonyl (C=O) groups is 1. The molecule has 1 rings (SSSR count). The van der Waals surface area contributed by atoms with E-state index in [1.54, 1.807) is 6.07 Å². The summed E-state index contributed by atoms with van der Waals surface area (Å²) in [7, 11) is 0. The number of nitrogens with two attached hydrogens (primary N) is 1. The van der Waals surface area contributed by atoms with Crippen molar-refractivity contribution in [2.75, 3.05) is 19.6 Å². The molecule has 4 nitrogen and oxygen atoms in total. The summed E-state index contributed by atoms with van der Waals surface area (Å²) in [4.78, 5) is 18.5. The Hall–Kier alpha value is -1.42. The predicted molar refractivity (Wildman–Crippen MR) is 73.4 cm³/mol. The highest BCUT2D eigenvalue weighted by atomic mass is 16.2. The van der Waals surface area contributed by atoms with Crippen LogP contribution in [0, 0.1) is 12.8 Å². The van der Waals surface area contributed by atoms with Gasteiger partial charge in [0.1, 0.15) is 5.69 Å². The van der Waals surface area contributed by atoms with Crippen molar-refractivity contribution in [2.45, 2.75) is 27.2 Å². The summed E-state index contributed by atoms with van der Waals surface area (Å²) in [6, 6.07) is 5.53. The lowest BCUT2D eigenvalue weighted by molar-refractivity contribution is 0.0729. The van der Waals surface area contributed by atoms with Gasteiger partial charge in [-0.05, 0) is 37.9 Å². The van der Waals surface area contributed by atoms with Gasteiger partial charge in [0.2, 0.25) is 0 Å². The van der Waals surface area contributed by atoms with Crippen LogP contribution in [-0.4, -0.2) is 35.4 Å². The molecule has 1 amide bonds. The molecule has 1 aromatic heterocycles. The van der Waals surface area contributed by atoms with Crippen LogP contribution in [-0.2, 0) is 0 Å². The maximum atomic E-state index is 12.4. The predicted octanol–water partition coefficient (Wildman–Crippen LogP) is 1.84. The Morgan fingerprint density at radius 2 is 2.17 bits per heavy atom. The van der Waals surface area contributed by atoms with Gasteiger partial charge in [-0.3, -0.25) is 4.79 Å². The lowest BCUT2D eigenvalue weighted by Crippen LogP contribution is -2.36. The van der Waals surface area contributed by atoms with Crippen molar-refractivity contribution in [1.82, 2.24) is 9.88 Å². The van der Waals surface area contributed by atoms with E-state index in [1.165, 1.54) is 0 Å². The minimum absolute atomic E-state index is 0.000787. The molecule has 0 atom stereocenters. The van der Waals surface area contributed by atoms with Crippen LogP contribution in [0.1, 0.15) is 36.5 Å². The number of rotatable bonds is 6. The molecular formula is C14H23N3O. The first-order chi connectivity index (χ1) is 8.54. The first-order valence-corrected chi connectivity index (χ1v) is 6.47. The van der Waals surface area contributed by atoms with Gasteiger partial charge in [0, 0.05) is 18.8 Å². The molecule has 4 heteroatoms. The maximum absolute atomic E-state index is 12.4. The zero-order valence-corrected chi connectivity index (χ0v) is 11.5. The first kappa shape index (κ1) is 14.6. The second-order valence-electron chi connectivity index (χ2n) is 4.95. The summed E-state index contributed by atoms with van der Waals surface area (Å²) in [5.74, 6) is 0.442. The molecule has 2 N–H and O–H groups in total. The van der Waals surface area contributed by atoms with E-state index in [-0.39, 0.29) is 5.91 Å². The molecule has 0 unspecified atom stereocenters. The van der Waals surface area contributed by atoms with E-state index >= 15 is 0 Å². The van der Waals surface area contributed by atoms with Crippen molar-refractivity contribution in [3.63, 3.8) is 0 Å². The second kappa shape index (κ2) is 7.11. The monoisotopic (exact) mass is 249 g/mol. The molecular weight excluding hydrogens is 226 g/mol. The highest BCUT2D eigenvalue weighted by Crippen LogP contribution is 2.07. The van der Waals surface area contributed by atoms with E-state index < -0.39 is 0 Å². The van der Waals surface area contributed by atoms with Crippen LogP contribution in [0.2, 0.25) is 0 Å². The number of nitrogens with zero attached hydrogens (tertiary/aromatic N) is 2. The summed E-state index contributed by atoms with van der Waals surface area (Å²) < 4.78 is 0. The van der Waals surface area contributed by atoms with Crippen LogP contribution in [0.15, 0.2) is 18.2 Å². The summed E-state index contributed by atoms with van der Waals surface area (Å²) in [6.07, 6.45) is 0.824. The molecule has 0 saturated heterocycles. The zero-order chi connectivity index (χ0) is 13.5. The maximum Gasteiger partial charge on any atom is 0.272 e. The van der Waals surface area contributed by atoms with E-state index in [1.807, 2.05) is 24.0 Å². The lowest BCUT2D eigenvalue weighted by Gasteiger charge is -2.24. The molecule has 0 bridgehead atoms. The average Bonchev–Trinajstić information content (AvgIpc) is 2.33. The fourth-order valence-electron chi connectivity index (χ4n) is 1.82. The standard InChI is InChI=1S/C14H23N3O/c1-11(2)10-17(9-5-8-15)14(18)13-7-4-6-12(3)16-13/h4,6-7,11H,5,8-10,15H2,1-3H3. The number of carbonyl (C=O) groups excluding carboxylic acids is 1. The molecule has 1 heterocycles. The number of hydrogen-bond donors (Lipinski definition) is 1. The van der Waals surface area contributed by atoms with Crippen molar-refractivity contribution in [3.05, 3.63) is 29.6 Å². The van der Waals surface area contributed by atoms with Gasteiger partial charge in [-0.2, -0.15) is 0 Å². The van der Waals surface area contributed by atoms with Crippen LogP contribution in [0.4, 0.5) is 0 Å². The van der Waals surface area contributed by atoms with Gasteiger partial charge < -0.3 is 10.6 Å². The Kier molecular flexibility index (Phi) is 5.78. The molecule has 0 spiro atoms. The Labute approximate surface area is 109 Å². The molecule has 0 radical (unpaired) electrons. The third-order valence-corrected chi connectivity index (χ3v) is 2.61. The van der Waals surface area contributed by atoms with Crippen molar-refractivity contribution < 1.29 is 4.79 Å². The Morgan fingerprint density at radius 1 is 1.44 bits per heavy atom. The minimum Gasteiger partial charge on any atom is -0.337 e.